The maximum absolute atomic E-state index is 2.44. The Hall–Kier alpha value is -0.510. The first-order valence-electron chi connectivity index (χ1n) is 4.08. The van der Waals surface area contributed by atoms with Crippen molar-refractivity contribution in [2.75, 3.05) is 0 Å². The summed E-state index contributed by atoms with van der Waals surface area (Å²) >= 11 is 0.102. The summed E-state index contributed by atoms with van der Waals surface area (Å²) in [7, 11) is 0. The molecule has 2 aliphatic carbocycles. The van der Waals surface area contributed by atoms with Crippen molar-refractivity contribution in [3.63, 3.8) is 0 Å². The second-order valence-corrected chi connectivity index (χ2v) is 6.11. The number of hydrogen-bond donors (Lipinski definition) is 0. The van der Waals surface area contributed by atoms with E-state index in [2.05, 4.69) is 40.6 Å². The third-order valence-corrected chi connectivity index (χ3v) is 5.19. The van der Waals surface area contributed by atoms with Gasteiger partial charge in [0.15, 0.2) is 0 Å². The Bertz CT molecular complexity index is 378. The summed E-state index contributed by atoms with van der Waals surface area (Å²) in [6.45, 7) is 0. The number of allylic oxidation sites excluding steroid dienone is 9. The summed E-state index contributed by atoms with van der Waals surface area (Å²) in [4.78, 5) is 0. The monoisotopic (exact) mass is 270 g/mol. The fourth-order valence-electron chi connectivity index (χ4n) is 1.72. The van der Waals surface area contributed by atoms with E-state index < -0.39 is 0 Å². The van der Waals surface area contributed by atoms with Gasteiger partial charge in [-0.05, 0) is 0 Å². The summed E-state index contributed by atoms with van der Waals surface area (Å²) in [6.07, 6.45) is 13.6. The van der Waals surface area contributed by atoms with Crippen LogP contribution in [-0.2, 0) is 0 Å². The van der Waals surface area contributed by atoms with Crippen molar-refractivity contribution in [3.8, 4) is 0 Å². The van der Waals surface area contributed by atoms with Gasteiger partial charge in [0.25, 0.3) is 0 Å². The van der Waals surface area contributed by atoms with E-state index in [1.54, 1.807) is 0 Å². The molecule has 0 saturated carbocycles. The van der Waals surface area contributed by atoms with E-state index in [-0.39, 0.29) is 20.9 Å². The normalized spacial score (nSPS) is 29.3. The van der Waals surface area contributed by atoms with Crippen LogP contribution in [0.2, 0.25) is 3.97 Å². The van der Waals surface area contributed by atoms with Crippen LogP contribution in [0.3, 0.4) is 0 Å². The Morgan fingerprint density at radius 1 is 1.17 bits per heavy atom. The minimum absolute atomic E-state index is 0.102. The molecule has 0 spiro atoms. The minimum atomic E-state index is 0.102. The van der Waals surface area contributed by atoms with Gasteiger partial charge in [0.2, 0.25) is 0 Å². The van der Waals surface area contributed by atoms with E-state index >= 15 is 0 Å². The number of rotatable bonds is 0. The van der Waals surface area contributed by atoms with Gasteiger partial charge in [-0.15, -0.1) is 0 Å². The van der Waals surface area contributed by atoms with Crippen LogP contribution in [0, 0.1) is 0 Å². The zero-order chi connectivity index (χ0) is 7.97. The van der Waals surface area contributed by atoms with Gasteiger partial charge in [0.1, 0.15) is 0 Å². The topological polar surface area (TPSA) is 0 Å². The third kappa shape index (κ3) is 0.905. The Kier molecular flexibility index (Phi) is 1.44. The van der Waals surface area contributed by atoms with Crippen LogP contribution in [0.15, 0.2) is 57.3 Å². The third-order valence-electron chi connectivity index (χ3n) is 2.35. The van der Waals surface area contributed by atoms with Crippen LogP contribution >= 0.6 is 0 Å². The van der Waals surface area contributed by atoms with E-state index in [1.165, 1.54) is 16.7 Å². The fourth-order valence-corrected chi connectivity index (χ4v) is 4.38. The molecule has 0 fully saturated rings. The van der Waals surface area contributed by atoms with Crippen LogP contribution < -0.4 is 0 Å². The predicted octanol–water partition coefficient (Wildman–Crippen LogP) is 2.37. The van der Waals surface area contributed by atoms with Crippen molar-refractivity contribution in [1.29, 1.82) is 0 Å². The summed E-state index contributed by atoms with van der Waals surface area (Å²) in [5, 5.41) is 0. The molecular formula is C11H8Te. The quantitative estimate of drug-likeness (QED) is 0.591. The van der Waals surface area contributed by atoms with Crippen LogP contribution in [-0.4, -0.2) is 20.9 Å². The Labute approximate surface area is 82.1 Å². The Morgan fingerprint density at radius 3 is 3.17 bits per heavy atom. The molecule has 0 bridgehead atoms. The molecule has 0 aromatic rings. The molecule has 1 unspecified atom stereocenters. The number of hydrogen-bond acceptors (Lipinski definition) is 0. The molecule has 0 radical (unpaired) electrons. The van der Waals surface area contributed by atoms with Gasteiger partial charge < -0.3 is 0 Å². The first kappa shape index (κ1) is 6.95. The summed E-state index contributed by atoms with van der Waals surface area (Å²) in [5.74, 6) is 0. The van der Waals surface area contributed by atoms with Crippen LogP contribution in [0.5, 0.6) is 0 Å². The van der Waals surface area contributed by atoms with E-state index in [4.69, 9.17) is 0 Å². The molecule has 1 heterocycles. The molecule has 0 aromatic heterocycles. The molecule has 0 amide bonds. The van der Waals surface area contributed by atoms with Gasteiger partial charge in [-0.3, -0.25) is 0 Å². The molecule has 0 saturated heterocycles. The molecule has 3 aliphatic rings. The predicted molar refractivity (Wildman–Crippen MR) is 52.0 cm³/mol. The zero-order valence-electron chi connectivity index (χ0n) is 6.53. The van der Waals surface area contributed by atoms with Gasteiger partial charge >= 0.3 is 82.2 Å². The average molecular weight is 268 g/mol. The van der Waals surface area contributed by atoms with E-state index in [9.17, 15) is 0 Å². The van der Waals surface area contributed by atoms with Gasteiger partial charge in [-0.2, -0.15) is 0 Å². The fraction of sp³-hybridized carbons (Fsp3) is 0.0909. The molecule has 1 heteroatoms. The molecular weight excluding hydrogens is 260 g/mol. The first-order valence-corrected chi connectivity index (χ1v) is 6.77. The van der Waals surface area contributed by atoms with Crippen molar-refractivity contribution in [1.82, 2.24) is 0 Å². The van der Waals surface area contributed by atoms with Crippen molar-refractivity contribution < 1.29 is 0 Å². The van der Waals surface area contributed by atoms with Crippen molar-refractivity contribution in [3.05, 3.63) is 57.3 Å². The Balaban J connectivity index is 2.12. The van der Waals surface area contributed by atoms with Gasteiger partial charge in [-0.1, -0.05) is 0 Å². The molecule has 0 N–H and O–H groups in total. The van der Waals surface area contributed by atoms with Crippen molar-refractivity contribution in [2.45, 2.75) is 3.97 Å². The van der Waals surface area contributed by atoms with Crippen molar-refractivity contribution >= 4 is 20.9 Å². The van der Waals surface area contributed by atoms with Crippen LogP contribution in [0.1, 0.15) is 0 Å². The van der Waals surface area contributed by atoms with Crippen molar-refractivity contribution in [2.24, 2.45) is 0 Å². The van der Waals surface area contributed by atoms with Crippen LogP contribution in [0.4, 0.5) is 0 Å². The van der Waals surface area contributed by atoms with Crippen LogP contribution in [0.25, 0.3) is 0 Å². The molecule has 1 aliphatic heterocycles. The SMILES string of the molecule is C1=CC2=CC3[Te]C=CC3=CC2=C1. The maximum atomic E-state index is 2.44. The van der Waals surface area contributed by atoms with Gasteiger partial charge in [-0.25, -0.2) is 0 Å². The van der Waals surface area contributed by atoms with E-state index in [1.807, 2.05) is 0 Å². The second-order valence-electron chi connectivity index (χ2n) is 3.11. The summed E-state index contributed by atoms with van der Waals surface area (Å²) in [6, 6.07) is 0. The van der Waals surface area contributed by atoms with E-state index in [0.717, 1.165) is 3.97 Å². The molecule has 58 valence electrons. The standard InChI is InChI=1S/C11H8Te/c1-2-8-6-10-4-5-12-11(10)7-9(8)3-1/h1-7,11H. The molecule has 0 aromatic carbocycles. The second kappa shape index (κ2) is 2.49. The molecule has 3 rings (SSSR count). The number of fused-ring (bicyclic) bond motifs is 2. The van der Waals surface area contributed by atoms with Gasteiger partial charge in [0, 0.05) is 0 Å². The molecule has 1 atom stereocenters. The summed E-state index contributed by atoms with van der Waals surface area (Å²) < 4.78 is 3.19. The van der Waals surface area contributed by atoms with Gasteiger partial charge in [0.05, 0.1) is 0 Å². The average Bonchev–Trinajstić information content (AvgIpc) is 2.64. The molecule has 12 heavy (non-hydrogen) atoms. The first-order chi connectivity index (χ1) is 5.93. The van der Waals surface area contributed by atoms with E-state index in [0.29, 0.717) is 0 Å². The zero-order valence-corrected chi connectivity index (χ0v) is 8.86. The summed E-state index contributed by atoms with van der Waals surface area (Å²) in [5.41, 5.74) is 4.38. The molecule has 0 nitrogen and oxygen atoms in total. The Morgan fingerprint density at radius 2 is 2.17 bits per heavy atom.